The molecule has 5 nitrogen and oxygen atoms in total. The van der Waals surface area contributed by atoms with Gasteiger partial charge in [0, 0.05) is 6.20 Å². The highest BCUT2D eigenvalue weighted by Crippen LogP contribution is 2.20. The molecule has 1 heterocycles. The Labute approximate surface area is 101 Å². The number of ether oxygens (including phenoxy) is 1. The van der Waals surface area contributed by atoms with E-state index in [4.69, 9.17) is 10.5 Å². The average molecular weight is 235 g/mol. The lowest BCUT2D eigenvalue weighted by Crippen LogP contribution is -2.35. The van der Waals surface area contributed by atoms with Crippen LogP contribution in [-0.2, 0) is 4.79 Å². The second-order valence-electron chi connectivity index (χ2n) is 3.41. The van der Waals surface area contributed by atoms with Crippen molar-refractivity contribution < 1.29 is 9.53 Å². The largest absolute Gasteiger partial charge is 0.476 e. The number of carbonyl (C=O) groups excluding carboxylic acids is 1. The Bertz CT molecular complexity index is 393. The Morgan fingerprint density at radius 2 is 2.53 bits per heavy atom. The molecule has 0 bridgehead atoms. The van der Waals surface area contributed by atoms with Gasteiger partial charge in [0.05, 0.1) is 12.6 Å². The molecule has 1 atom stereocenters. The van der Waals surface area contributed by atoms with Crippen molar-refractivity contribution in [2.45, 2.75) is 19.4 Å². The highest BCUT2D eigenvalue weighted by molar-refractivity contribution is 5.95. The summed E-state index contributed by atoms with van der Waals surface area (Å²) in [5, 5.41) is 2.68. The van der Waals surface area contributed by atoms with Gasteiger partial charge in [-0.05, 0) is 25.5 Å². The van der Waals surface area contributed by atoms with E-state index in [1.807, 2.05) is 6.92 Å². The molecular formula is C12H17N3O2. The summed E-state index contributed by atoms with van der Waals surface area (Å²) in [7, 11) is 0. The van der Waals surface area contributed by atoms with E-state index in [0.717, 1.165) is 0 Å². The number of pyridine rings is 1. The molecule has 1 unspecified atom stereocenters. The summed E-state index contributed by atoms with van der Waals surface area (Å²) in [4.78, 5) is 15.7. The summed E-state index contributed by atoms with van der Waals surface area (Å²) in [6, 6.07) is 2.83. The zero-order valence-corrected chi connectivity index (χ0v) is 9.85. The van der Waals surface area contributed by atoms with Gasteiger partial charge in [-0.25, -0.2) is 4.98 Å². The van der Waals surface area contributed by atoms with Crippen LogP contribution >= 0.6 is 0 Å². The summed E-state index contributed by atoms with van der Waals surface area (Å²) < 4.78 is 5.29. The molecule has 1 rings (SSSR count). The van der Waals surface area contributed by atoms with Crippen molar-refractivity contribution in [3.05, 3.63) is 31.0 Å². The number of hydrogen-bond acceptors (Lipinski definition) is 4. The molecule has 1 aromatic heterocycles. The van der Waals surface area contributed by atoms with Gasteiger partial charge in [-0.2, -0.15) is 0 Å². The molecule has 17 heavy (non-hydrogen) atoms. The Hall–Kier alpha value is -1.88. The molecule has 0 fully saturated rings. The van der Waals surface area contributed by atoms with Gasteiger partial charge in [-0.1, -0.05) is 6.08 Å². The number of anilines is 1. The van der Waals surface area contributed by atoms with Crippen molar-refractivity contribution >= 4 is 11.6 Å². The van der Waals surface area contributed by atoms with Crippen molar-refractivity contribution in [1.29, 1.82) is 0 Å². The predicted molar refractivity (Wildman–Crippen MR) is 66.8 cm³/mol. The van der Waals surface area contributed by atoms with Crippen molar-refractivity contribution in [3.63, 3.8) is 0 Å². The molecule has 0 saturated heterocycles. The van der Waals surface area contributed by atoms with Gasteiger partial charge in [-0.15, -0.1) is 6.58 Å². The summed E-state index contributed by atoms with van der Waals surface area (Å²) in [5.41, 5.74) is 6.18. The lowest BCUT2D eigenvalue weighted by atomic mass is 10.2. The number of nitrogens with zero attached hydrogens (tertiary/aromatic N) is 1. The molecule has 92 valence electrons. The van der Waals surface area contributed by atoms with Crippen molar-refractivity contribution in [3.8, 4) is 5.88 Å². The van der Waals surface area contributed by atoms with Gasteiger partial charge in [0.15, 0.2) is 0 Å². The summed E-state index contributed by atoms with van der Waals surface area (Å²) in [6.07, 6.45) is 3.64. The lowest BCUT2D eigenvalue weighted by molar-refractivity contribution is -0.117. The second-order valence-corrected chi connectivity index (χ2v) is 3.41. The maximum Gasteiger partial charge on any atom is 0.241 e. The van der Waals surface area contributed by atoms with Crippen LogP contribution in [0.25, 0.3) is 0 Å². The van der Waals surface area contributed by atoms with E-state index in [1.165, 1.54) is 0 Å². The maximum absolute atomic E-state index is 11.7. The highest BCUT2D eigenvalue weighted by Gasteiger charge is 2.14. The van der Waals surface area contributed by atoms with Crippen LogP contribution in [0.15, 0.2) is 31.0 Å². The fourth-order valence-electron chi connectivity index (χ4n) is 1.25. The van der Waals surface area contributed by atoms with Gasteiger partial charge in [0.1, 0.15) is 5.69 Å². The van der Waals surface area contributed by atoms with Crippen LogP contribution in [0.1, 0.15) is 13.3 Å². The summed E-state index contributed by atoms with van der Waals surface area (Å²) >= 11 is 0. The van der Waals surface area contributed by atoms with E-state index in [1.54, 1.807) is 24.4 Å². The number of amides is 1. The van der Waals surface area contributed by atoms with Crippen LogP contribution in [0.5, 0.6) is 5.88 Å². The summed E-state index contributed by atoms with van der Waals surface area (Å²) in [6.45, 7) is 5.88. The first-order valence-corrected chi connectivity index (χ1v) is 5.44. The predicted octanol–water partition coefficient (Wildman–Crippen LogP) is 1.32. The molecule has 0 aliphatic carbocycles. The third kappa shape index (κ3) is 3.88. The average Bonchev–Trinajstić information content (AvgIpc) is 2.32. The van der Waals surface area contributed by atoms with Crippen molar-refractivity contribution in [2.75, 3.05) is 11.9 Å². The summed E-state index contributed by atoms with van der Waals surface area (Å²) in [5.74, 6) is 0.119. The standard InChI is InChI=1S/C12H17N3O2/c1-3-6-9(13)11(16)15-10-7-5-8-14-12(10)17-4-2/h3,5,7-9H,1,4,6,13H2,2H3,(H,15,16). The minimum atomic E-state index is -0.609. The van der Waals surface area contributed by atoms with Crippen molar-refractivity contribution in [2.24, 2.45) is 5.73 Å². The Balaban J connectivity index is 2.73. The zero-order valence-electron chi connectivity index (χ0n) is 9.85. The minimum absolute atomic E-state index is 0.279. The number of rotatable bonds is 6. The first kappa shape index (κ1) is 13.2. The van der Waals surface area contributed by atoms with E-state index in [2.05, 4.69) is 16.9 Å². The van der Waals surface area contributed by atoms with Crippen LogP contribution in [0, 0.1) is 0 Å². The van der Waals surface area contributed by atoms with Crippen LogP contribution in [-0.4, -0.2) is 23.5 Å². The highest BCUT2D eigenvalue weighted by atomic mass is 16.5. The molecule has 5 heteroatoms. The van der Waals surface area contributed by atoms with E-state index in [-0.39, 0.29) is 5.91 Å². The Morgan fingerprint density at radius 1 is 1.76 bits per heavy atom. The van der Waals surface area contributed by atoms with Crippen LogP contribution < -0.4 is 15.8 Å². The SMILES string of the molecule is C=CCC(N)C(=O)Nc1cccnc1OCC. The quantitative estimate of drug-likeness (QED) is 0.729. The normalized spacial score (nSPS) is 11.6. The molecule has 1 amide bonds. The Kier molecular flexibility index (Phi) is 5.16. The number of nitrogens with two attached hydrogens (primary N) is 1. The smallest absolute Gasteiger partial charge is 0.241 e. The first-order chi connectivity index (χ1) is 8.19. The van der Waals surface area contributed by atoms with Gasteiger partial charge in [0.2, 0.25) is 11.8 Å². The Morgan fingerprint density at radius 3 is 3.18 bits per heavy atom. The maximum atomic E-state index is 11.7. The molecular weight excluding hydrogens is 218 g/mol. The molecule has 0 spiro atoms. The fourth-order valence-corrected chi connectivity index (χ4v) is 1.25. The fraction of sp³-hybridized carbons (Fsp3) is 0.333. The van der Waals surface area contributed by atoms with Gasteiger partial charge < -0.3 is 15.8 Å². The van der Waals surface area contributed by atoms with Crippen LogP contribution in [0.2, 0.25) is 0 Å². The lowest BCUT2D eigenvalue weighted by Gasteiger charge is -2.12. The number of nitrogens with one attached hydrogen (secondary N) is 1. The monoisotopic (exact) mass is 235 g/mol. The molecule has 0 aliphatic rings. The molecule has 3 N–H and O–H groups in total. The van der Waals surface area contributed by atoms with Gasteiger partial charge in [0.25, 0.3) is 0 Å². The van der Waals surface area contributed by atoms with Crippen molar-refractivity contribution in [1.82, 2.24) is 4.98 Å². The molecule has 1 aromatic rings. The van der Waals surface area contributed by atoms with E-state index < -0.39 is 6.04 Å². The minimum Gasteiger partial charge on any atom is -0.476 e. The second kappa shape index (κ2) is 6.65. The first-order valence-electron chi connectivity index (χ1n) is 5.44. The van der Waals surface area contributed by atoms with Crippen LogP contribution in [0.4, 0.5) is 5.69 Å². The molecule has 0 radical (unpaired) electrons. The molecule has 0 aliphatic heterocycles. The topological polar surface area (TPSA) is 77.2 Å². The van der Waals surface area contributed by atoms with Gasteiger partial charge in [-0.3, -0.25) is 4.79 Å². The third-order valence-electron chi connectivity index (χ3n) is 2.07. The van der Waals surface area contributed by atoms with Gasteiger partial charge >= 0.3 is 0 Å². The van der Waals surface area contributed by atoms with E-state index in [0.29, 0.717) is 24.6 Å². The van der Waals surface area contributed by atoms with Crippen LogP contribution in [0.3, 0.4) is 0 Å². The molecule has 0 saturated carbocycles. The molecule has 0 aromatic carbocycles. The third-order valence-corrected chi connectivity index (χ3v) is 2.07. The van der Waals surface area contributed by atoms with E-state index in [9.17, 15) is 4.79 Å². The van der Waals surface area contributed by atoms with E-state index >= 15 is 0 Å². The number of hydrogen-bond donors (Lipinski definition) is 2. The number of carbonyl (C=O) groups is 1. The number of aromatic nitrogens is 1. The zero-order chi connectivity index (χ0) is 12.7.